The van der Waals surface area contributed by atoms with Crippen LogP contribution in [0.5, 0.6) is 5.75 Å². The summed E-state index contributed by atoms with van der Waals surface area (Å²) in [6.45, 7) is 2.72. The van der Waals surface area contributed by atoms with E-state index in [-0.39, 0.29) is 12.4 Å². The minimum atomic E-state index is -0.720. The maximum absolute atomic E-state index is 13.4. The monoisotopic (exact) mass is 264 g/mol. The van der Waals surface area contributed by atoms with Crippen LogP contribution < -0.4 is 10.1 Å². The van der Waals surface area contributed by atoms with E-state index in [0.29, 0.717) is 11.5 Å². The molecule has 0 bridgehead atoms. The number of para-hydroxylation sites is 1. The number of ether oxygens (including phenoxy) is 1. The van der Waals surface area contributed by atoms with Crippen LogP contribution in [0.4, 0.5) is 14.6 Å². The molecule has 19 heavy (non-hydrogen) atoms. The summed E-state index contributed by atoms with van der Waals surface area (Å²) in [5, 5.41) is 3.05. The Morgan fingerprint density at radius 2 is 1.79 bits per heavy atom. The molecule has 2 aromatic rings. The fourth-order valence-electron chi connectivity index (χ4n) is 1.61. The van der Waals surface area contributed by atoms with Gasteiger partial charge >= 0.3 is 0 Å². The highest BCUT2D eigenvalue weighted by molar-refractivity contribution is 5.35. The van der Waals surface area contributed by atoms with Crippen molar-refractivity contribution in [2.24, 2.45) is 0 Å². The first-order valence-electron chi connectivity index (χ1n) is 5.97. The Hall–Kier alpha value is -2.17. The molecule has 0 aliphatic carbocycles. The molecule has 0 radical (unpaired) electrons. The number of pyridine rings is 1. The molecule has 100 valence electrons. The fraction of sp³-hybridized carbons (Fsp3) is 0.214. The van der Waals surface area contributed by atoms with E-state index in [1.54, 1.807) is 12.1 Å². The standard InChI is InChI=1S/C14H14F2N2O/c1-2-17-13-8-3-5-10(18-13)9-19-14-11(15)6-4-7-12(14)16/h3-8H,2,9H2,1H3,(H,17,18). The fourth-order valence-corrected chi connectivity index (χ4v) is 1.61. The summed E-state index contributed by atoms with van der Waals surface area (Å²) >= 11 is 0. The Morgan fingerprint density at radius 3 is 2.47 bits per heavy atom. The molecule has 0 fully saturated rings. The molecule has 0 atom stereocenters. The van der Waals surface area contributed by atoms with Gasteiger partial charge < -0.3 is 10.1 Å². The van der Waals surface area contributed by atoms with Crippen LogP contribution in [0.3, 0.4) is 0 Å². The van der Waals surface area contributed by atoms with Crippen molar-refractivity contribution in [2.75, 3.05) is 11.9 Å². The molecule has 1 aromatic carbocycles. The molecule has 1 heterocycles. The Balaban J connectivity index is 2.08. The molecule has 3 nitrogen and oxygen atoms in total. The van der Waals surface area contributed by atoms with Crippen LogP contribution in [-0.4, -0.2) is 11.5 Å². The molecular weight excluding hydrogens is 250 g/mol. The second-order valence-electron chi connectivity index (χ2n) is 3.88. The molecule has 0 amide bonds. The van der Waals surface area contributed by atoms with Crippen LogP contribution in [0.25, 0.3) is 0 Å². The number of aromatic nitrogens is 1. The average molecular weight is 264 g/mol. The van der Waals surface area contributed by atoms with Gasteiger partial charge in [0.2, 0.25) is 0 Å². The number of nitrogens with one attached hydrogen (secondary N) is 1. The van der Waals surface area contributed by atoms with Crippen molar-refractivity contribution in [3.05, 3.63) is 53.7 Å². The molecule has 1 aromatic heterocycles. The molecule has 5 heteroatoms. The lowest BCUT2D eigenvalue weighted by Gasteiger charge is -2.09. The predicted molar refractivity (Wildman–Crippen MR) is 69.1 cm³/mol. The lowest BCUT2D eigenvalue weighted by atomic mass is 10.3. The zero-order valence-electron chi connectivity index (χ0n) is 10.5. The molecule has 0 spiro atoms. The maximum Gasteiger partial charge on any atom is 0.191 e. The highest BCUT2D eigenvalue weighted by Crippen LogP contribution is 2.21. The third-order valence-electron chi connectivity index (χ3n) is 2.45. The molecule has 0 saturated carbocycles. The summed E-state index contributed by atoms with van der Waals surface area (Å²) < 4.78 is 31.9. The first-order valence-corrected chi connectivity index (χ1v) is 5.97. The van der Waals surface area contributed by atoms with Crippen LogP contribution in [0.15, 0.2) is 36.4 Å². The summed E-state index contributed by atoms with van der Waals surface area (Å²) in [5.41, 5.74) is 0.598. The van der Waals surface area contributed by atoms with Crippen molar-refractivity contribution in [1.82, 2.24) is 4.98 Å². The van der Waals surface area contributed by atoms with E-state index in [4.69, 9.17) is 4.74 Å². The number of hydrogen-bond acceptors (Lipinski definition) is 3. The van der Waals surface area contributed by atoms with Crippen molar-refractivity contribution >= 4 is 5.82 Å². The Morgan fingerprint density at radius 1 is 1.11 bits per heavy atom. The van der Waals surface area contributed by atoms with Crippen molar-refractivity contribution in [3.63, 3.8) is 0 Å². The summed E-state index contributed by atoms with van der Waals surface area (Å²) in [4.78, 5) is 4.26. The third kappa shape index (κ3) is 3.40. The van der Waals surface area contributed by atoms with E-state index < -0.39 is 11.6 Å². The Labute approximate surface area is 110 Å². The van der Waals surface area contributed by atoms with Gasteiger partial charge in [0.1, 0.15) is 12.4 Å². The number of anilines is 1. The van der Waals surface area contributed by atoms with E-state index >= 15 is 0 Å². The second kappa shape index (κ2) is 6.13. The van der Waals surface area contributed by atoms with Gasteiger partial charge in [0.05, 0.1) is 5.69 Å². The molecule has 0 aliphatic rings. The summed E-state index contributed by atoms with van der Waals surface area (Å²) in [7, 11) is 0. The van der Waals surface area contributed by atoms with Crippen LogP contribution in [0, 0.1) is 11.6 Å². The van der Waals surface area contributed by atoms with Gasteiger partial charge in [-0.2, -0.15) is 0 Å². The Kier molecular flexibility index (Phi) is 4.28. The molecule has 0 aliphatic heterocycles. The van der Waals surface area contributed by atoms with Gasteiger partial charge in [-0.15, -0.1) is 0 Å². The highest BCUT2D eigenvalue weighted by atomic mass is 19.1. The van der Waals surface area contributed by atoms with Crippen LogP contribution in [0.2, 0.25) is 0 Å². The number of nitrogens with zero attached hydrogens (tertiary/aromatic N) is 1. The predicted octanol–water partition coefficient (Wildman–Crippen LogP) is 3.37. The maximum atomic E-state index is 13.4. The topological polar surface area (TPSA) is 34.1 Å². The minimum Gasteiger partial charge on any atom is -0.481 e. The molecule has 2 rings (SSSR count). The quantitative estimate of drug-likeness (QED) is 0.899. The average Bonchev–Trinajstić information content (AvgIpc) is 2.39. The first kappa shape index (κ1) is 13.3. The zero-order chi connectivity index (χ0) is 13.7. The van der Waals surface area contributed by atoms with Crippen LogP contribution >= 0.6 is 0 Å². The lowest BCUT2D eigenvalue weighted by molar-refractivity contribution is 0.270. The van der Waals surface area contributed by atoms with Gasteiger partial charge in [-0.3, -0.25) is 0 Å². The van der Waals surface area contributed by atoms with Gasteiger partial charge in [0.25, 0.3) is 0 Å². The van der Waals surface area contributed by atoms with E-state index in [9.17, 15) is 8.78 Å². The number of hydrogen-bond donors (Lipinski definition) is 1. The largest absolute Gasteiger partial charge is 0.481 e. The van der Waals surface area contributed by atoms with E-state index in [1.165, 1.54) is 6.07 Å². The van der Waals surface area contributed by atoms with Crippen molar-refractivity contribution in [2.45, 2.75) is 13.5 Å². The highest BCUT2D eigenvalue weighted by Gasteiger charge is 2.10. The summed E-state index contributed by atoms with van der Waals surface area (Å²) in [6, 6.07) is 8.96. The van der Waals surface area contributed by atoms with Gasteiger partial charge in [-0.05, 0) is 31.2 Å². The molecule has 0 unspecified atom stereocenters. The normalized spacial score (nSPS) is 10.3. The SMILES string of the molecule is CCNc1cccc(COc2c(F)cccc2F)n1. The number of halogens is 2. The van der Waals surface area contributed by atoms with Gasteiger partial charge in [-0.25, -0.2) is 13.8 Å². The van der Waals surface area contributed by atoms with Crippen LogP contribution in [-0.2, 0) is 6.61 Å². The second-order valence-corrected chi connectivity index (χ2v) is 3.88. The van der Waals surface area contributed by atoms with Crippen molar-refractivity contribution < 1.29 is 13.5 Å². The molecule has 0 saturated heterocycles. The lowest BCUT2D eigenvalue weighted by Crippen LogP contribution is -2.04. The zero-order valence-corrected chi connectivity index (χ0v) is 10.5. The Bertz CT molecular complexity index is 541. The van der Waals surface area contributed by atoms with E-state index in [2.05, 4.69) is 10.3 Å². The molecule has 1 N–H and O–H groups in total. The number of benzene rings is 1. The summed E-state index contributed by atoms with van der Waals surface area (Å²) in [6.07, 6.45) is 0. The first-order chi connectivity index (χ1) is 9.20. The van der Waals surface area contributed by atoms with E-state index in [0.717, 1.165) is 18.7 Å². The minimum absolute atomic E-state index is 0.0110. The van der Waals surface area contributed by atoms with Gasteiger partial charge in [0.15, 0.2) is 17.4 Å². The van der Waals surface area contributed by atoms with Gasteiger partial charge in [-0.1, -0.05) is 12.1 Å². The summed E-state index contributed by atoms with van der Waals surface area (Å²) in [5.74, 6) is -1.11. The number of rotatable bonds is 5. The van der Waals surface area contributed by atoms with E-state index in [1.807, 2.05) is 13.0 Å². The van der Waals surface area contributed by atoms with Crippen molar-refractivity contribution in [3.8, 4) is 5.75 Å². The van der Waals surface area contributed by atoms with Gasteiger partial charge in [0, 0.05) is 6.54 Å². The van der Waals surface area contributed by atoms with Crippen molar-refractivity contribution in [1.29, 1.82) is 0 Å². The third-order valence-corrected chi connectivity index (χ3v) is 2.45. The smallest absolute Gasteiger partial charge is 0.191 e. The van der Waals surface area contributed by atoms with Crippen LogP contribution in [0.1, 0.15) is 12.6 Å². The molecular formula is C14H14F2N2O.